The smallest absolute Gasteiger partial charge is 0.410 e. The summed E-state index contributed by atoms with van der Waals surface area (Å²) < 4.78 is 5.42. The maximum atomic E-state index is 12.6. The summed E-state index contributed by atoms with van der Waals surface area (Å²) in [6.45, 7) is 6.10. The third-order valence-electron chi connectivity index (χ3n) is 4.53. The molecule has 2 amide bonds. The molecular weight excluding hydrogens is 304 g/mol. The molecule has 3 rings (SSSR count). The highest BCUT2D eigenvalue weighted by atomic mass is 16.6. The van der Waals surface area contributed by atoms with Crippen molar-refractivity contribution in [1.82, 2.24) is 10.2 Å². The van der Waals surface area contributed by atoms with E-state index in [0.29, 0.717) is 18.9 Å². The summed E-state index contributed by atoms with van der Waals surface area (Å²) in [6, 6.07) is 10.0. The van der Waals surface area contributed by atoms with Gasteiger partial charge in [0.2, 0.25) is 5.91 Å². The molecule has 1 aliphatic carbocycles. The van der Waals surface area contributed by atoms with Crippen LogP contribution in [0.4, 0.5) is 4.79 Å². The summed E-state index contributed by atoms with van der Waals surface area (Å²) in [6.07, 6.45) is 2.11. The van der Waals surface area contributed by atoms with Gasteiger partial charge in [0.25, 0.3) is 0 Å². The molecular formula is C19H26N2O3. The number of hydrogen-bond acceptors (Lipinski definition) is 3. The van der Waals surface area contributed by atoms with E-state index < -0.39 is 17.7 Å². The lowest BCUT2D eigenvalue weighted by Crippen LogP contribution is -2.48. The number of nitrogens with one attached hydrogen (secondary N) is 1. The Labute approximate surface area is 143 Å². The van der Waals surface area contributed by atoms with Crippen molar-refractivity contribution in [2.24, 2.45) is 0 Å². The fourth-order valence-electron chi connectivity index (χ4n) is 3.28. The highest BCUT2D eigenvalue weighted by molar-refractivity contribution is 5.86. The largest absolute Gasteiger partial charge is 0.444 e. The minimum atomic E-state index is -0.546. The summed E-state index contributed by atoms with van der Waals surface area (Å²) in [7, 11) is 0. The van der Waals surface area contributed by atoms with E-state index in [-0.39, 0.29) is 11.9 Å². The van der Waals surface area contributed by atoms with Gasteiger partial charge in [-0.15, -0.1) is 0 Å². The van der Waals surface area contributed by atoms with Crippen LogP contribution in [-0.4, -0.2) is 41.1 Å². The number of likely N-dealkylation sites (tertiary alicyclic amines) is 1. The zero-order valence-electron chi connectivity index (χ0n) is 14.6. The number of hydrogen-bond donors (Lipinski definition) is 1. The van der Waals surface area contributed by atoms with Crippen LogP contribution in [0.5, 0.6) is 0 Å². The number of benzene rings is 1. The van der Waals surface area contributed by atoms with Crippen molar-refractivity contribution < 1.29 is 14.3 Å². The van der Waals surface area contributed by atoms with Crippen LogP contribution in [0.25, 0.3) is 0 Å². The maximum Gasteiger partial charge on any atom is 0.410 e. The highest BCUT2D eigenvalue weighted by Crippen LogP contribution is 2.40. The first-order chi connectivity index (χ1) is 11.3. The van der Waals surface area contributed by atoms with Crippen molar-refractivity contribution in [3.8, 4) is 0 Å². The Morgan fingerprint density at radius 3 is 2.58 bits per heavy atom. The molecule has 5 nitrogen and oxygen atoms in total. The van der Waals surface area contributed by atoms with Crippen LogP contribution in [0.1, 0.15) is 51.5 Å². The topological polar surface area (TPSA) is 58.6 Å². The Kier molecular flexibility index (Phi) is 4.52. The Hall–Kier alpha value is -2.04. The molecule has 1 aliphatic heterocycles. The second kappa shape index (κ2) is 6.46. The number of nitrogens with zero attached hydrogens (tertiary/aromatic N) is 1. The quantitative estimate of drug-likeness (QED) is 0.926. The lowest BCUT2D eigenvalue weighted by atomic mass is 10.1. The van der Waals surface area contributed by atoms with Gasteiger partial charge in [0, 0.05) is 18.5 Å². The highest BCUT2D eigenvalue weighted by Gasteiger charge is 2.43. The molecule has 2 aliphatic rings. The molecule has 1 saturated heterocycles. The Morgan fingerprint density at radius 1 is 1.21 bits per heavy atom. The molecule has 130 valence electrons. The number of carbonyl (C=O) groups excluding carboxylic acids is 2. The van der Waals surface area contributed by atoms with E-state index in [4.69, 9.17) is 4.74 Å². The summed E-state index contributed by atoms with van der Waals surface area (Å²) in [5.74, 6) is 0.341. The van der Waals surface area contributed by atoms with Crippen molar-refractivity contribution in [2.75, 3.05) is 6.54 Å². The van der Waals surface area contributed by atoms with Crippen molar-refractivity contribution in [3.63, 3.8) is 0 Å². The van der Waals surface area contributed by atoms with Crippen LogP contribution in [0.3, 0.4) is 0 Å². The molecule has 3 atom stereocenters. The minimum absolute atomic E-state index is 0.0539. The average Bonchev–Trinajstić information content (AvgIpc) is 3.09. The standard InChI is InChI=1S/C19H26N2O3/c1-19(2,3)24-18(23)21-11-7-10-16(21)17(22)20-15-12-14(15)13-8-5-4-6-9-13/h4-6,8-9,14-16H,7,10-12H2,1-3H3,(H,20,22)/t14-,15+,16?/m1/s1. The van der Waals surface area contributed by atoms with Gasteiger partial charge in [-0.2, -0.15) is 0 Å². The Balaban J connectivity index is 1.56. The van der Waals surface area contributed by atoms with E-state index >= 15 is 0 Å². The average molecular weight is 330 g/mol. The van der Waals surface area contributed by atoms with Gasteiger partial charge in [0.15, 0.2) is 0 Å². The van der Waals surface area contributed by atoms with Crippen LogP contribution in [0.15, 0.2) is 30.3 Å². The van der Waals surface area contributed by atoms with Gasteiger partial charge in [0.1, 0.15) is 11.6 Å². The molecule has 1 unspecified atom stereocenters. The third-order valence-corrected chi connectivity index (χ3v) is 4.53. The lowest BCUT2D eigenvalue weighted by Gasteiger charge is -2.28. The fourth-order valence-corrected chi connectivity index (χ4v) is 3.28. The van der Waals surface area contributed by atoms with Crippen molar-refractivity contribution in [2.45, 2.75) is 63.6 Å². The van der Waals surface area contributed by atoms with Gasteiger partial charge in [0.05, 0.1) is 0 Å². The van der Waals surface area contributed by atoms with E-state index in [1.807, 2.05) is 39.0 Å². The van der Waals surface area contributed by atoms with Crippen molar-refractivity contribution >= 4 is 12.0 Å². The number of rotatable bonds is 3. The number of amides is 2. The van der Waals surface area contributed by atoms with Gasteiger partial charge in [-0.3, -0.25) is 9.69 Å². The van der Waals surface area contributed by atoms with Gasteiger partial charge in [-0.05, 0) is 45.6 Å². The summed E-state index contributed by atoms with van der Waals surface area (Å²) in [5, 5.41) is 3.10. The van der Waals surface area contributed by atoms with E-state index in [9.17, 15) is 9.59 Å². The SMILES string of the molecule is CC(C)(C)OC(=O)N1CCCC1C(=O)N[C@H]1C[C@@H]1c1ccccc1. The molecule has 0 radical (unpaired) electrons. The van der Waals surface area contributed by atoms with Crippen molar-refractivity contribution in [1.29, 1.82) is 0 Å². The zero-order valence-corrected chi connectivity index (χ0v) is 14.6. The van der Waals surface area contributed by atoms with E-state index in [1.165, 1.54) is 5.56 Å². The summed E-state index contributed by atoms with van der Waals surface area (Å²) >= 11 is 0. The minimum Gasteiger partial charge on any atom is -0.444 e. The predicted molar refractivity (Wildman–Crippen MR) is 91.7 cm³/mol. The molecule has 1 heterocycles. The molecule has 1 aromatic carbocycles. The van der Waals surface area contributed by atoms with Crippen molar-refractivity contribution in [3.05, 3.63) is 35.9 Å². The van der Waals surface area contributed by atoms with Gasteiger partial charge in [-0.1, -0.05) is 30.3 Å². The van der Waals surface area contributed by atoms with Crippen LogP contribution in [-0.2, 0) is 9.53 Å². The van der Waals surface area contributed by atoms with Crippen LogP contribution in [0, 0.1) is 0 Å². The molecule has 1 N–H and O–H groups in total. The second-order valence-corrected chi connectivity index (χ2v) is 7.70. The van der Waals surface area contributed by atoms with Gasteiger partial charge < -0.3 is 10.1 Å². The van der Waals surface area contributed by atoms with E-state index in [1.54, 1.807) is 4.90 Å². The summed E-state index contributed by atoms with van der Waals surface area (Å²) in [4.78, 5) is 26.4. The third kappa shape index (κ3) is 3.89. The monoisotopic (exact) mass is 330 g/mol. The predicted octanol–water partition coefficient (Wildman–Crippen LogP) is 3.06. The fraction of sp³-hybridized carbons (Fsp3) is 0.579. The number of ether oxygens (including phenoxy) is 1. The first-order valence-electron chi connectivity index (χ1n) is 8.70. The van der Waals surface area contributed by atoms with Crippen LogP contribution < -0.4 is 5.32 Å². The Morgan fingerprint density at radius 2 is 1.92 bits per heavy atom. The molecule has 1 saturated carbocycles. The number of carbonyl (C=O) groups is 2. The molecule has 0 bridgehead atoms. The second-order valence-electron chi connectivity index (χ2n) is 7.70. The Bertz CT molecular complexity index is 609. The first kappa shape index (κ1) is 16.8. The lowest BCUT2D eigenvalue weighted by molar-refractivity contribution is -0.125. The van der Waals surface area contributed by atoms with Crippen LogP contribution in [0.2, 0.25) is 0 Å². The van der Waals surface area contributed by atoms with E-state index in [0.717, 1.165) is 12.8 Å². The normalized spacial score (nSPS) is 26.1. The summed E-state index contributed by atoms with van der Waals surface area (Å²) in [5.41, 5.74) is 0.716. The van der Waals surface area contributed by atoms with Crippen LogP contribution >= 0.6 is 0 Å². The molecule has 0 spiro atoms. The molecule has 24 heavy (non-hydrogen) atoms. The molecule has 1 aromatic rings. The molecule has 2 fully saturated rings. The maximum absolute atomic E-state index is 12.6. The first-order valence-corrected chi connectivity index (χ1v) is 8.70. The van der Waals surface area contributed by atoms with Gasteiger partial charge >= 0.3 is 6.09 Å². The molecule has 0 aromatic heterocycles. The molecule has 5 heteroatoms. The van der Waals surface area contributed by atoms with Gasteiger partial charge in [-0.25, -0.2) is 4.79 Å². The van der Waals surface area contributed by atoms with E-state index in [2.05, 4.69) is 17.4 Å². The zero-order chi connectivity index (χ0) is 17.3.